The van der Waals surface area contributed by atoms with E-state index in [1.165, 1.54) is 0 Å². The van der Waals surface area contributed by atoms with E-state index in [1.807, 2.05) is 67.3 Å². The lowest BCUT2D eigenvalue weighted by molar-refractivity contribution is 0.192. The Labute approximate surface area is 175 Å². The van der Waals surface area contributed by atoms with E-state index in [0.717, 1.165) is 22.3 Å². The highest BCUT2D eigenvalue weighted by Crippen LogP contribution is 2.31. The van der Waals surface area contributed by atoms with Crippen molar-refractivity contribution in [1.29, 1.82) is 0 Å². The van der Waals surface area contributed by atoms with Gasteiger partial charge in [0.15, 0.2) is 5.82 Å². The second-order valence-corrected chi connectivity index (χ2v) is 7.85. The Morgan fingerprint density at radius 1 is 1.00 bits per heavy atom. The number of nitrogens with zero attached hydrogens (tertiary/aromatic N) is 4. The summed E-state index contributed by atoms with van der Waals surface area (Å²) >= 11 is 6.40. The molecule has 2 amide bonds. The van der Waals surface area contributed by atoms with Gasteiger partial charge < -0.3 is 15.1 Å². The van der Waals surface area contributed by atoms with Crippen molar-refractivity contribution in [2.45, 2.75) is 19.9 Å². The highest BCUT2D eigenvalue weighted by atomic mass is 35.5. The van der Waals surface area contributed by atoms with Crippen LogP contribution in [0.5, 0.6) is 0 Å². The summed E-state index contributed by atoms with van der Waals surface area (Å²) in [7, 11) is 0. The Balaban J connectivity index is 1.65. The van der Waals surface area contributed by atoms with Crippen molar-refractivity contribution in [3.05, 3.63) is 53.6 Å². The van der Waals surface area contributed by atoms with E-state index in [2.05, 4.69) is 10.2 Å². The van der Waals surface area contributed by atoms with Gasteiger partial charge in [-0.25, -0.2) is 14.8 Å². The van der Waals surface area contributed by atoms with Crippen molar-refractivity contribution in [2.24, 2.45) is 0 Å². The summed E-state index contributed by atoms with van der Waals surface area (Å²) in [6.07, 6.45) is 0. The first-order chi connectivity index (χ1) is 14.0. The molecule has 2 heterocycles. The van der Waals surface area contributed by atoms with Crippen molar-refractivity contribution >= 4 is 34.4 Å². The summed E-state index contributed by atoms with van der Waals surface area (Å²) in [5.74, 6) is 1.50. The molecule has 0 bridgehead atoms. The number of hydrogen-bond acceptors (Lipinski definition) is 4. The van der Waals surface area contributed by atoms with Crippen LogP contribution in [0.15, 0.2) is 48.5 Å². The summed E-state index contributed by atoms with van der Waals surface area (Å²) in [6.45, 7) is 6.68. The van der Waals surface area contributed by atoms with E-state index >= 15 is 0 Å². The van der Waals surface area contributed by atoms with Gasteiger partial charge in [0.05, 0.1) is 10.5 Å². The van der Waals surface area contributed by atoms with Crippen molar-refractivity contribution in [3.63, 3.8) is 0 Å². The number of urea groups is 1. The summed E-state index contributed by atoms with van der Waals surface area (Å²) in [6, 6.07) is 15.7. The number of hydrogen-bond donors (Lipinski definition) is 1. The Kier molecular flexibility index (Phi) is 5.53. The average Bonchev–Trinajstić information content (AvgIpc) is 2.73. The van der Waals surface area contributed by atoms with Crippen LogP contribution in [0, 0.1) is 0 Å². The van der Waals surface area contributed by atoms with Gasteiger partial charge in [-0.15, -0.1) is 0 Å². The van der Waals surface area contributed by atoms with E-state index in [0.29, 0.717) is 37.0 Å². The largest absolute Gasteiger partial charge is 0.352 e. The quantitative estimate of drug-likeness (QED) is 0.704. The molecule has 0 atom stereocenters. The van der Waals surface area contributed by atoms with E-state index in [-0.39, 0.29) is 12.1 Å². The molecule has 0 saturated carbocycles. The fraction of sp³-hybridized carbons (Fsp3) is 0.318. The molecular formula is C22H24ClN5O. The number of benzene rings is 2. The molecule has 1 aliphatic heterocycles. The maximum Gasteiger partial charge on any atom is 0.317 e. The van der Waals surface area contributed by atoms with Crippen molar-refractivity contribution in [3.8, 4) is 11.4 Å². The molecule has 1 N–H and O–H groups in total. The fourth-order valence-electron chi connectivity index (χ4n) is 3.52. The molecule has 29 heavy (non-hydrogen) atoms. The molecule has 2 aromatic carbocycles. The van der Waals surface area contributed by atoms with Gasteiger partial charge in [-0.2, -0.15) is 0 Å². The zero-order valence-corrected chi connectivity index (χ0v) is 17.4. The Morgan fingerprint density at radius 2 is 1.69 bits per heavy atom. The number of rotatable bonds is 3. The third-order valence-electron chi connectivity index (χ3n) is 4.98. The molecule has 0 aliphatic carbocycles. The number of amides is 2. The van der Waals surface area contributed by atoms with E-state index in [9.17, 15) is 4.79 Å². The smallest absolute Gasteiger partial charge is 0.317 e. The van der Waals surface area contributed by atoms with Crippen LogP contribution in [0.1, 0.15) is 13.8 Å². The molecule has 3 aromatic rings. The van der Waals surface area contributed by atoms with Gasteiger partial charge in [0.2, 0.25) is 0 Å². The minimum absolute atomic E-state index is 0.0102. The van der Waals surface area contributed by atoms with Crippen LogP contribution in [-0.2, 0) is 0 Å². The lowest BCUT2D eigenvalue weighted by Crippen LogP contribution is -2.53. The monoisotopic (exact) mass is 409 g/mol. The van der Waals surface area contributed by atoms with Gasteiger partial charge in [0, 0.05) is 43.2 Å². The number of anilines is 1. The van der Waals surface area contributed by atoms with Crippen LogP contribution >= 0.6 is 11.6 Å². The number of carbonyl (C=O) groups excluding carboxylic acids is 1. The minimum Gasteiger partial charge on any atom is -0.352 e. The number of nitrogens with one attached hydrogen (secondary N) is 1. The maximum absolute atomic E-state index is 12.3. The normalized spacial score (nSPS) is 14.5. The van der Waals surface area contributed by atoms with Crippen LogP contribution < -0.4 is 10.2 Å². The number of piperazine rings is 1. The molecule has 0 unspecified atom stereocenters. The first-order valence-electron chi connectivity index (χ1n) is 9.85. The molecule has 0 radical (unpaired) electrons. The predicted molar refractivity (Wildman–Crippen MR) is 117 cm³/mol. The standard InChI is InChI=1S/C22H24ClN5O/c1-15(2)24-22(29)28-13-11-27(12-14-28)21-17-8-4-6-10-19(17)25-20(26-21)16-7-3-5-9-18(16)23/h3-10,15H,11-14H2,1-2H3,(H,24,29). The number of carbonyl (C=O) groups is 1. The van der Waals surface area contributed by atoms with Gasteiger partial charge >= 0.3 is 6.03 Å². The molecule has 1 aromatic heterocycles. The minimum atomic E-state index is -0.0102. The Morgan fingerprint density at radius 3 is 2.41 bits per heavy atom. The third kappa shape index (κ3) is 4.12. The van der Waals surface area contributed by atoms with Gasteiger partial charge in [-0.1, -0.05) is 35.9 Å². The fourth-order valence-corrected chi connectivity index (χ4v) is 3.74. The van der Waals surface area contributed by atoms with Crippen LogP contribution in [0.3, 0.4) is 0 Å². The highest BCUT2D eigenvalue weighted by Gasteiger charge is 2.24. The number of aromatic nitrogens is 2. The summed E-state index contributed by atoms with van der Waals surface area (Å²) < 4.78 is 0. The van der Waals surface area contributed by atoms with Gasteiger partial charge in [-0.3, -0.25) is 0 Å². The maximum atomic E-state index is 12.3. The number of fused-ring (bicyclic) bond motifs is 1. The molecule has 1 saturated heterocycles. The topological polar surface area (TPSA) is 61.4 Å². The Hall–Kier alpha value is -2.86. The summed E-state index contributed by atoms with van der Waals surface area (Å²) in [5.41, 5.74) is 1.70. The molecule has 7 heteroatoms. The molecule has 6 nitrogen and oxygen atoms in total. The molecular weight excluding hydrogens is 386 g/mol. The lowest BCUT2D eigenvalue weighted by atomic mass is 10.1. The first kappa shape index (κ1) is 19.5. The zero-order valence-electron chi connectivity index (χ0n) is 16.6. The number of halogens is 1. The predicted octanol–water partition coefficient (Wildman–Crippen LogP) is 4.19. The van der Waals surface area contributed by atoms with E-state index in [1.54, 1.807) is 0 Å². The molecule has 150 valence electrons. The van der Waals surface area contributed by atoms with Crippen molar-refractivity contribution < 1.29 is 4.79 Å². The van der Waals surface area contributed by atoms with Gasteiger partial charge in [0.1, 0.15) is 5.82 Å². The summed E-state index contributed by atoms with van der Waals surface area (Å²) in [5, 5.41) is 4.59. The second-order valence-electron chi connectivity index (χ2n) is 7.45. The molecule has 1 fully saturated rings. The molecule has 4 rings (SSSR count). The third-order valence-corrected chi connectivity index (χ3v) is 5.31. The second kappa shape index (κ2) is 8.25. The van der Waals surface area contributed by atoms with E-state index < -0.39 is 0 Å². The molecule has 1 aliphatic rings. The van der Waals surface area contributed by atoms with Crippen LogP contribution in [-0.4, -0.2) is 53.1 Å². The lowest BCUT2D eigenvalue weighted by Gasteiger charge is -2.36. The van der Waals surface area contributed by atoms with Crippen molar-refractivity contribution in [2.75, 3.05) is 31.1 Å². The van der Waals surface area contributed by atoms with Crippen LogP contribution in [0.4, 0.5) is 10.6 Å². The van der Waals surface area contributed by atoms with E-state index in [4.69, 9.17) is 21.6 Å². The first-order valence-corrected chi connectivity index (χ1v) is 10.2. The van der Waals surface area contributed by atoms with Gasteiger partial charge in [-0.05, 0) is 38.1 Å². The highest BCUT2D eigenvalue weighted by molar-refractivity contribution is 6.33. The SMILES string of the molecule is CC(C)NC(=O)N1CCN(c2nc(-c3ccccc3Cl)nc3ccccc23)CC1. The van der Waals surface area contributed by atoms with Gasteiger partial charge in [0.25, 0.3) is 0 Å². The number of para-hydroxylation sites is 1. The summed E-state index contributed by atoms with van der Waals surface area (Å²) in [4.78, 5) is 26.0. The Bertz CT molecular complexity index is 1030. The van der Waals surface area contributed by atoms with Crippen LogP contribution in [0.25, 0.3) is 22.3 Å². The van der Waals surface area contributed by atoms with Crippen LogP contribution in [0.2, 0.25) is 5.02 Å². The average molecular weight is 410 g/mol. The molecule has 0 spiro atoms. The van der Waals surface area contributed by atoms with Crippen molar-refractivity contribution in [1.82, 2.24) is 20.2 Å². The zero-order chi connectivity index (χ0) is 20.4.